The maximum atomic E-state index is 11.6. The average Bonchev–Trinajstić information content (AvgIpc) is 2.24. The quantitative estimate of drug-likeness (QED) is 0.644. The van der Waals surface area contributed by atoms with Gasteiger partial charge in [0.25, 0.3) is 0 Å². The number of rotatable bonds is 4. The average molecular weight is 237 g/mol. The third-order valence-corrected chi connectivity index (χ3v) is 3.09. The molecule has 0 saturated carbocycles. The minimum atomic E-state index is -0.294. The maximum Gasteiger partial charge on any atom is 0.225 e. The number of nitrogens with one attached hydrogen (secondary N) is 1. The first-order chi connectivity index (χ1) is 7.50. The van der Waals surface area contributed by atoms with Crippen LogP contribution in [-0.4, -0.2) is 18.2 Å². The molecule has 0 spiro atoms. The Kier molecular flexibility index (Phi) is 4.87. The standard InChI is InChI=1S/C13H19NOS/c1-13(2,3)12(15)14-9-10-16-11-7-5-4-6-8-11/h4-8H,9-10H2,1-3H3,(H,14,15). The topological polar surface area (TPSA) is 29.1 Å². The van der Waals surface area contributed by atoms with E-state index in [1.807, 2.05) is 39.0 Å². The molecule has 1 rings (SSSR count). The lowest BCUT2D eigenvalue weighted by Crippen LogP contribution is -2.35. The Morgan fingerprint density at radius 3 is 2.44 bits per heavy atom. The lowest BCUT2D eigenvalue weighted by Gasteiger charge is -2.17. The van der Waals surface area contributed by atoms with E-state index in [2.05, 4.69) is 17.4 Å². The molecule has 0 aliphatic heterocycles. The van der Waals surface area contributed by atoms with E-state index in [1.165, 1.54) is 4.90 Å². The van der Waals surface area contributed by atoms with Gasteiger partial charge >= 0.3 is 0 Å². The third-order valence-electron chi connectivity index (χ3n) is 2.08. The summed E-state index contributed by atoms with van der Waals surface area (Å²) in [7, 11) is 0. The highest BCUT2D eigenvalue weighted by Gasteiger charge is 2.20. The monoisotopic (exact) mass is 237 g/mol. The molecule has 16 heavy (non-hydrogen) atoms. The van der Waals surface area contributed by atoms with Crippen molar-refractivity contribution in [2.45, 2.75) is 25.7 Å². The Morgan fingerprint density at radius 2 is 1.88 bits per heavy atom. The summed E-state index contributed by atoms with van der Waals surface area (Å²) in [5.41, 5.74) is -0.294. The summed E-state index contributed by atoms with van der Waals surface area (Å²) in [5, 5.41) is 2.93. The molecule has 0 aromatic heterocycles. The number of amides is 1. The summed E-state index contributed by atoms with van der Waals surface area (Å²) in [6.45, 7) is 6.49. The molecule has 0 aliphatic carbocycles. The van der Waals surface area contributed by atoms with E-state index in [0.29, 0.717) is 0 Å². The molecule has 1 N–H and O–H groups in total. The number of thioether (sulfide) groups is 1. The van der Waals surface area contributed by atoms with E-state index in [1.54, 1.807) is 11.8 Å². The first-order valence-corrected chi connectivity index (χ1v) is 6.45. The van der Waals surface area contributed by atoms with Crippen molar-refractivity contribution in [3.63, 3.8) is 0 Å². The van der Waals surface area contributed by atoms with Crippen molar-refractivity contribution in [2.75, 3.05) is 12.3 Å². The van der Waals surface area contributed by atoms with E-state index in [-0.39, 0.29) is 11.3 Å². The zero-order chi connectivity index (χ0) is 12.0. The maximum absolute atomic E-state index is 11.6. The number of benzene rings is 1. The smallest absolute Gasteiger partial charge is 0.225 e. The van der Waals surface area contributed by atoms with Crippen LogP contribution in [-0.2, 0) is 4.79 Å². The predicted molar refractivity (Wildman–Crippen MR) is 69.6 cm³/mol. The minimum Gasteiger partial charge on any atom is -0.355 e. The summed E-state index contributed by atoms with van der Waals surface area (Å²) in [4.78, 5) is 12.8. The van der Waals surface area contributed by atoms with Gasteiger partial charge in [0.1, 0.15) is 0 Å². The van der Waals surface area contributed by atoms with E-state index >= 15 is 0 Å². The van der Waals surface area contributed by atoms with Gasteiger partial charge in [-0.25, -0.2) is 0 Å². The van der Waals surface area contributed by atoms with Crippen LogP contribution in [0.4, 0.5) is 0 Å². The zero-order valence-corrected chi connectivity index (χ0v) is 10.9. The van der Waals surface area contributed by atoms with E-state index in [9.17, 15) is 4.79 Å². The number of carbonyl (C=O) groups excluding carboxylic acids is 1. The summed E-state index contributed by atoms with van der Waals surface area (Å²) < 4.78 is 0. The summed E-state index contributed by atoms with van der Waals surface area (Å²) in [6.07, 6.45) is 0. The molecule has 1 amide bonds. The second-order valence-corrected chi connectivity index (χ2v) is 5.84. The summed E-state index contributed by atoms with van der Waals surface area (Å²) >= 11 is 1.76. The predicted octanol–water partition coefficient (Wildman–Crippen LogP) is 2.94. The summed E-state index contributed by atoms with van der Waals surface area (Å²) in [5.74, 6) is 1.02. The van der Waals surface area contributed by atoms with Crippen molar-refractivity contribution in [3.05, 3.63) is 30.3 Å². The molecule has 0 radical (unpaired) electrons. The Balaban J connectivity index is 2.20. The van der Waals surface area contributed by atoms with Crippen molar-refractivity contribution in [1.82, 2.24) is 5.32 Å². The van der Waals surface area contributed by atoms with Crippen LogP contribution in [0.25, 0.3) is 0 Å². The SMILES string of the molecule is CC(C)(C)C(=O)NCCSc1ccccc1. The highest BCUT2D eigenvalue weighted by atomic mass is 32.2. The molecular weight excluding hydrogens is 218 g/mol. The normalized spacial score (nSPS) is 11.2. The van der Waals surface area contributed by atoms with E-state index in [0.717, 1.165) is 12.3 Å². The molecule has 0 heterocycles. The Bertz CT molecular complexity index is 330. The minimum absolute atomic E-state index is 0.112. The van der Waals surface area contributed by atoms with Crippen LogP contribution in [0.3, 0.4) is 0 Å². The van der Waals surface area contributed by atoms with Gasteiger partial charge in [-0.2, -0.15) is 0 Å². The van der Waals surface area contributed by atoms with Crippen LogP contribution in [0.15, 0.2) is 35.2 Å². The first kappa shape index (κ1) is 13.1. The Hall–Kier alpha value is -0.960. The van der Waals surface area contributed by atoms with Gasteiger partial charge in [-0.1, -0.05) is 39.0 Å². The van der Waals surface area contributed by atoms with Gasteiger partial charge in [0.15, 0.2) is 0 Å². The molecule has 88 valence electrons. The van der Waals surface area contributed by atoms with Gasteiger partial charge in [0.2, 0.25) is 5.91 Å². The van der Waals surface area contributed by atoms with Crippen LogP contribution in [0.5, 0.6) is 0 Å². The fourth-order valence-electron chi connectivity index (χ4n) is 1.12. The molecule has 2 nitrogen and oxygen atoms in total. The number of hydrogen-bond donors (Lipinski definition) is 1. The molecule has 1 aromatic rings. The second-order valence-electron chi connectivity index (χ2n) is 4.67. The van der Waals surface area contributed by atoms with Crippen molar-refractivity contribution < 1.29 is 4.79 Å². The zero-order valence-electron chi connectivity index (χ0n) is 10.1. The van der Waals surface area contributed by atoms with Gasteiger partial charge in [0.05, 0.1) is 0 Å². The molecule has 0 bridgehead atoms. The highest BCUT2D eigenvalue weighted by Crippen LogP contribution is 2.16. The molecular formula is C13H19NOS. The van der Waals surface area contributed by atoms with Gasteiger partial charge in [0, 0.05) is 22.6 Å². The summed E-state index contributed by atoms with van der Waals surface area (Å²) in [6, 6.07) is 10.2. The largest absolute Gasteiger partial charge is 0.355 e. The number of carbonyl (C=O) groups is 1. The fourth-order valence-corrected chi connectivity index (χ4v) is 1.90. The molecule has 0 unspecified atom stereocenters. The van der Waals surface area contributed by atoms with E-state index in [4.69, 9.17) is 0 Å². The third kappa shape index (κ3) is 4.71. The second kappa shape index (κ2) is 5.94. The van der Waals surface area contributed by atoms with Crippen molar-refractivity contribution in [2.24, 2.45) is 5.41 Å². The van der Waals surface area contributed by atoms with Crippen molar-refractivity contribution >= 4 is 17.7 Å². The molecule has 0 fully saturated rings. The van der Waals surface area contributed by atoms with Crippen LogP contribution < -0.4 is 5.32 Å². The van der Waals surface area contributed by atoms with Gasteiger partial charge < -0.3 is 5.32 Å². The van der Waals surface area contributed by atoms with Crippen molar-refractivity contribution in [3.8, 4) is 0 Å². The molecule has 0 atom stereocenters. The lowest BCUT2D eigenvalue weighted by molar-refractivity contribution is -0.128. The lowest BCUT2D eigenvalue weighted by atomic mass is 9.96. The molecule has 0 aliphatic rings. The fraction of sp³-hybridized carbons (Fsp3) is 0.462. The van der Waals surface area contributed by atoms with Gasteiger partial charge in [-0.15, -0.1) is 11.8 Å². The Labute approximate surface area is 102 Å². The molecule has 0 saturated heterocycles. The van der Waals surface area contributed by atoms with Gasteiger partial charge in [-0.05, 0) is 12.1 Å². The molecule has 1 aromatic carbocycles. The molecule has 3 heteroatoms. The first-order valence-electron chi connectivity index (χ1n) is 5.46. The highest BCUT2D eigenvalue weighted by molar-refractivity contribution is 7.99. The van der Waals surface area contributed by atoms with Crippen LogP contribution in [0.1, 0.15) is 20.8 Å². The van der Waals surface area contributed by atoms with Crippen LogP contribution in [0.2, 0.25) is 0 Å². The number of hydrogen-bond acceptors (Lipinski definition) is 2. The van der Waals surface area contributed by atoms with Crippen molar-refractivity contribution in [1.29, 1.82) is 0 Å². The van der Waals surface area contributed by atoms with Gasteiger partial charge in [-0.3, -0.25) is 4.79 Å². The van der Waals surface area contributed by atoms with E-state index < -0.39 is 0 Å². The van der Waals surface area contributed by atoms with Crippen LogP contribution in [0, 0.1) is 5.41 Å². The Morgan fingerprint density at radius 1 is 1.25 bits per heavy atom. The van der Waals surface area contributed by atoms with Crippen LogP contribution >= 0.6 is 11.8 Å².